The molecule has 0 bridgehead atoms. The molecule has 3 aromatic rings. The number of halogens is 1. The van der Waals surface area contributed by atoms with Crippen LogP contribution >= 0.6 is 0 Å². The molecule has 3 heterocycles. The fraction of sp³-hybridized carbons (Fsp3) is 0.568. The van der Waals surface area contributed by atoms with E-state index in [1.54, 1.807) is 12.1 Å². The molecule has 42 heavy (non-hydrogen) atoms. The van der Waals surface area contributed by atoms with Gasteiger partial charge >= 0.3 is 0 Å². The highest BCUT2D eigenvalue weighted by atomic mass is 19.1. The molecule has 2 atom stereocenters. The van der Waals surface area contributed by atoms with E-state index in [0.29, 0.717) is 6.04 Å². The number of hydrogen-bond donors (Lipinski definition) is 1. The van der Waals surface area contributed by atoms with Crippen LogP contribution in [0.15, 0.2) is 54.7 Å². The lowest BCUT2D eigenvalue weighted by molar-refractivity contribution is 0.116. The van der Waals surface area contributed by atoms with Crippen LogP contribution in [0.25, 0.3) is 22.2 Å². The highest BCUT2D eigenvalue weighted by molar-refractivity contribution is 5.94. The van der Waals surface area contributed by atoms with Gasteiger partial charge in [-0.3, -0.25) is 9.80 Å². The van der Waals surface area contributed by atoms with Crippen LogP contribution in [-0.4, -0.2) is 59.8 Å². The summed E-state index contributed by atoms with van der Waals surface area (Å²) in [7, 11) is 0. The second-order valence-electron chi connectivity index (χ2n) is 13.1. The van der Waals surface area contributed by atoms with E-state index in [0.717, 1.165) is 50.2 Å². The van der Waals surface area contributed by atoms with Crippen molar-refractivity contribution in [2.24, 2.45) is 11.8 Å². The molecule has 228 valence electrons. The van der Waals surface area contributed by atoms with Gasteiger partial charge < -0.3 is 9.88 Å². The Morgan fingerprint density at radius 1 is 0.952 bits per heavy atom. The van der Waals surface area contributed by atoms with E-state index in [4.69, 9.17) is 0 Å². The monoisotopic (exact) mass is 572 g/mol. The van der Waals surface area contributed by atoms with Crippen LogP contribution in [0.3, 0.4) is 0 Å². The number of aryl methyl sites for hydroxylation is 1. The second-order valence-corrected chi connectivity index (χ2v) is 13.1. The second kappa shape index (κ2) is 14.8. The summed E-state index contributed by atoms with van der Waals surface area (Å²) in [5, 5.41) is 4.89. The van der Waals surface area contributed by atoms with Crippen LogP contribution in [0.5, 0.6) is 0 Å². The number of unbranched alkanes of at least 4 members (excludes halogenated alkanes) is 3. The summed E-state index contributed by atoms with van der Waals surface area (Å²) in [4.78, 5) is 5.40. The lowest BCUT2D eigenvalue weighted by atomic mass is 9.81. The summed E-state index contributed by atoms with van der Waals surface area (Å²) >= 11 is 0. The molecule has 4 nitrogen and oxygen atoms in total. The molecule has 2 aliphatic heterocycles. The lowest BCUT2D eigenvalue weighted by Gasteiger charge is -2.37. The van der Waals surface area contributed by atoms with Crippen LogP contribution in [-0.2, 0) is 0 Å². The zero-order valence-electron chi connectivity index (χ0n) is 26.5. The van der Waals surface area contributed by atoms with E-state index in [9.17, 15) is 4.39 Å². The third-order valence-electron chi connectivity index (χ3n) is 9.78. The van der Waals surface area contributed by atoms with Gasteiger partial charge in [-0.25, -0.2) is 4.39 Å². The average molecular weight is 573 g/mol. The molecule has 0 radical (unpaired) electrons. The molecule has 1 saturated heterocycles. The number of nitrogens with one attached hydrogen (secondary N) is 1. The van der Waals surface area contributed by atoms with E-state index in [1.165, 1.54) is 85.6 Å². The van der Waals surface area contributed by atoms with Gasteiger partial charge in [-0.2, -0.15) is 0 Å². The first-order valence-electron chi connectivity index (χ1n) is 16.7. The Morgan fingerprint density at radius 2 is 1.79 bits per heavy atom. The van der Waals surface area contributed by atoms with Crippen molar-refractivity contribution in [3.8, 4) is 5.69 Å². The Morgan fingerprint density at radius 3 is 2.48 bits per heavy atom. The molecule has 2 aromatic carbocycles. The van der Waals surface area contributed by atoms with E-state index in [1.807, 2.05) is 12.1 Å². The van der Waals surface area contributed by atoms with Crippen LogP contribution in [0, 0.1) is 24.6 Å². The third-order valence-corrected chi connectivity index (χ3v) is 9.78. The Balaban J connectivity index is 1.24. The Labute approximate surface area is 254 Å². The van der Waals surface area contributed by atoms with Crippen molar-refractivity contribution >= 4 is 16.5 Å². The lowest BCUT2D eigenvalue weighted by Crippen LogP contribution is -2.42. The number of hydrogen-bond acceptors (Lipinski definition) is 3. The summed E-state index contributed by atoms with van der Waals surface area (Å²) in [6, 6.07) is 14.3. The van der Waals surface area contributed by atoms with E-state index < -0.39 is 0 Å². The van der Waals surface area contributed by atoms with Gasteiger partial charge in [0.05, 0.1) is 5.52 Å². The van der Waals surface area contributed by atoms with Gasteiger partial charge in [-0.05, 0) is 92.5 Å². The van der Waals surface area contributed by atoms with Crippen molar-refractivity contribution in [1.29, 1.82) is 0 Å². The average Bonchev–Trinajstić information content (AvgIpc) is 3.65. The quantitative estimate of drug-likeness (QED) is 0.196. The van der Waals surface area contributed by atoms with Gasteiger partial charge in [0.1, 0.15) is 5.82 Å². The smallest absolute Gasteiger partial charge is 0.123 e. The molecular formula is C37H53FN4. The van der Waals surface area contributed by atoms with Gasteiger partial charge in [-0.15, -0.1) is 0 Å². The van der Waals surface area contributed by atoms with Gasteiger partial charge in [-0.1, -0.05) is 64.7 Å². The number of aromatic nitrogens is 1. The molecule has 2 unspecified atom stereocenters. The van der Waals surface area contributed by atoms with Gasteiger partial charge in [0.2, 0.25) is 0 Å². The SMILES string of the molecule is CCCCCCC(C(C)C)C(CCCN1CC=C(c2cn(-c3ccc(F)cc3)c3cc(C)ccc23)CC1)N1CCNC1. The van der Waals surface area contributed by atoms with Crippen LogP contribution in [0.4, 0.5) is 4.39 Å². The minimum atomic E-state index is -0.197. The first-order valence-corrected chi connectivity index (χ1v) is 16.7. The fourth-order valence-corrected chi connectivity index (χ4v) is 7.34. The maximum Gasteiger partial charge on any atom is 0.123 e. The molecule has 5 heteroatoms. The van der Waals surface area contributed by atoms with Crippen molar-refractivity contribution in [2.45, 2.75) is 85.1 Å². The Bertz CT molecular complexity index is 1300. The third kappa shape index (κ3) is 7.53. The van der Waals surface area contributed by atoms with Crippen molar-refractivity contribution in [3.05, 3.63) is 71.7 Å². The number of benzene rings is 2. The number of rotatable bonds is 14. The maximum atomic E-state index is 13.6. The Hall–Kier alpha value is -2.47. The van der Waals surface area contributed by atoms with Gasteiger partial charge in [0, 0.05) is 61.7 Å². The first-order chi connectivity index (χ1) is 20.4. The van der Waals surface area contributed by atoms with Crippen molar-refractivity contribution < 1.29 is 4.39 Å². The number of nitrogens with zero attached hydrogens (tertiary/aromatic N) is 3. The molecule has 0 aliphatic carbocycles. The van der Waals surface area contributed by atoms with Crippen LogP contribution in [0.2, 0.25) is 0 Å². The minimum absolute atomic E-state index is 0.197. The molecule has 2 aliphatic rings. The van der Waals surface area contributed by atoms with Crippen molar-refractivity contribution in [2.75, 3.05) is 39.4 Å². The standard InChI is InChI=1S/C37H53FN4/c1-5-6-7-8-10-33(28(2)3)36(41-24-20-39-27-41)11-9-21-40-22-18-30(19-23-40)35-26-42(32-15-13-31(38)14-16-32)37-25-29(4)12-17-34(35)37/h12-18,25-26,28,33,36,39H,5-11,19-24,27H2,1-4H3. The molecule has 1 N–H and O–H groups in total. The first kappa shape index (κ1) is 31.0. The highest BCUT2D eigenvalue weighted by Gasteiger charge is 2.31. The van der Waals surface area contributed by atoms with E-state index in [2.05, 4.69) is 77.9 Å². The highest BCUT2D eigenvalue weighted by Crippen LogP contribution is 2.34. The van der Waals surface area contributed by atoms with Crippen LogP contribution < -0.4 is 5.32 Å². The topological polar surface area (TPSA) is 23.4 Å². The summed E-state index contributed by atoms with van der Waals surface area (Å²) in [6.07, 6.45) is 15.2. The van der Waals surface area contributed by atoms with E-state index >= 15 is 0 Å². The predicted molar refractivity (Wildman–Crippen MR) is 177 cm³/mol. The summed E-state index contributed by atoms with van der Waals surface area (Å²) in [5.41, 5.74) is 6.19. The van der Waals surface area contributed by atoms with Crippen molar-refractivity contribution in [3.63, 3.8) is 0 Å². The van der Waals surface area contributed by atoms with Crippen LogP contribution in [0.1, 0.15) is 83.3 Å². The summed E-state index contributed by atoms with van der Waals surface area (Å²) in [5.74, 6) is 1.33. The molecule has 0 saturated carbocycles. The van der Waals surface area contributed by atoms with Gasteiger partial charge in [0.15, 0.2) is 0 Å². The van der Waals surface area contributed by atoms with Crippen molar-refractivity contribution in [1.82, 2.24) is 19.7 Å². The molecule has 0 spiro atoms. The minimum Gasteiger partial charge on any atom is -0.316 e. The largest absolute Gasteiger partial charge is 0.316 e. The summed E-state index contributed by atoms with van der Waals surface area (Å²) < 4.78 is 15.9. The summed E-state index contributed by atoms with van der Waals surface area (Å²) in [6.45, 7) is 16.1. The zero-order chi connectivity index (χ0) is 29.5. The van der Waals surface area contributed by atoms with E-state index in [-0.39, 0.29) is 5.82 Å². The number of fused-ring (bicyclic) bond motifs is 1. The molecular weight excluding hydrogens is 519 g/mol. The normalized spacial score (nSPS) is 18.2. The molecule has 1 fully saturated rings. The maximum absolute atomic E-state index is 13.6. The Kier molecular flexibility index (Phi) is 10.9. The predicted octanol–water partition coefficient (Wildman–Crippen LogP) is 8.42. The molecule has 1 aromatic heterocycles. The zero-order valence-corrected chi connectivity index (χ0v) is 26.5. The molecule has 0 amide bonds. The van der Waals surface area contributed by atoms with Gasteiger partial charge in [0.25, 0.3) is 0 Å². The fourth-order valence-electron chi connectivity index (χ4n) is 7.34. The molecule has 5 rings (SSSR count).